The van der Waals surface area contributed by atoms with E-state index in [0.717, 1.165) is 17.3 Å². The highest BCUT2D eigenvalue weighted by Gasteiger charge is 2.23. The van der Waals surface area contributed by atoms with Crippen molar-refractivity contribution in [2.75, 3.05) is 4.90 Å². The zero-order chi connectivity index (χ0) is 17.4. The van der Waals surface area contributed by atoms with Gasteiger partial charge in [0.05, 0.1) is 16.7 Å². The third-order valence-corrected chi connectivity index (χ3v) is 4.34. The zero-order valence-corrected chi connectivity index (χ0v) is 14.0. The van der Waals surface area contributed by atoms with E-state index in [0.29, 0.717) is 33.4 Å². The molecule has 0 bridgehead atoms. The molecule has 0 spiro atoms. The molecule has 4 aromatic rings. The van der Waals surface area contributed by atoms with Gasteiger partial charge >= 0.3 is 0 Å². The van der Waals surface area contributed by atoms with Crippen LogP contribution in [0.15, 0.2) is 53.2 Å². The molecule has 7 heteroatoms. The average Bonchev–Trinajstić information content (AvgIpc) is 3.23. The lowest BCUT2D eigenvalue weighted by Crippen LogP contribution is -2.15. The summed E-state index contributed by atoms with van der Waals surface area (Å²) < 4.78 is 5.35. The molecule has 1 amide bonds. The number of anilines is 2. The Morgan fingerprint density at radius 3 is 2.88 bits per heavy atom. The highest BCUT2D eigenvalue weighted by molar-refractivity contribution is 6.33. The fourth-order valence-electron chi connectivity index (χ4n) is 2.80. The van der Waals surface area contributed by atoms with E-state index in [9.17, 15) is 4.79 Å². The van der Waals surface area contributed by atoms with Crippen molar-refractivity contribution in [3.8, 4) is 11.3 Å². The summed E-state index contributed by atoms with van der Waals surface area (Å²) in [6.45, 7) is 1.76. The standard InChI is InChI=1S/C18H13ClN4O2/c1-11-18(17(22-25-11)14-4-2-3-5-15(14)19)23(10-24)13-6-7-16-12(8-13)9-20-21-16/h2-10H,1H3,(H,20,21). The molecule has 0 aliphatic heterocycles. The molecular formula is C18H13ClN4O2. The third kappa shape index (κ3) is 2.56. The highest BCUT2D eigenvalue weighted by Crippen LogP contribution is 2.39. The van der Waals surface area contributed by atoms with Gasteiger partial charge in [0.15, 0.2) is 5.76 Å². The molecule has 0 aliphatic rings. The van der Waals surface area contributed by atoms with Crippen LogP contribution in [0.4, 0.5) is 11.4 Å². The topological polar surface area (TPSA) is 75.0 Å². The smallest absolute Gasteiger partial charge is 0.218 e. The van der Waals surface area contributed by atoms with Crippen molar-refractivity contribution in [1.82, 2.24) is 15.4 Å². The van der Waals surface area contributed by atoms with E-state index in [1.165, 1.54) is 4.90 Å². The lowest BCUT2D eigenvalue weighted by molar-refractivity contribution is -0.106. The number of halogens is 1. The largest absolute Gasteiger partial charge is 0.359 e. The molecule has 4 rings (SSSR count). The Labute approximate surface area is 148 Å². The summed E-state index contributed by atoms with van der Waals surface area (Å²) in [5, 5.41) is 12.4. The fourth-order valence-corrected chi connectivity index (χ4v) is 3.03. The van der Waals surface area contributed by atoms with E-state index >= 15 is 0 Å². The first kappa shape index (κ1) is 15.4. The number of nitrogens with one attached hydrogen (secondary N) is 1. The summed E-state index contributed by atoms with van der Waals surface area (Å²) in [5.41, 5.74) is 3.35. The van der Waals surface area contributed by atoms with Gasteiger partial charge in [-0.15, -0.1) is 0 Å². The molecule has 2 aromatic heterocycles. The number of amides is 1. The Morgan fingerprint density at radius 1 is 1.24 bits per heavy atom. The number of H-pyrrole nitrogens is 1. The molecule has 0 saturated heterocycles. The van der Waals surface area contributed by atoms with E-state index in [-0.39, 0.29) is 0 Å². The molecule has 2 heterocycles. The summed E-state index contributed by atoms with van der Waals surface area (Å²) in [6, 6.07) is 12.9. The van der Waals surface area contributed by atoms with Crippen LogP contribution in [0, 0.1) is 6.92 Å². The second-order valence-electron chi connectivity index (χ2n) is 5.53. The van der Waals surface area contributed by atoms with Gasteiger partial charge in [0.25, 0.3) is 0 Å². The molecular weight excluding hydrogens is 340 g/mol. The number of aromatic amines is 1. The van der Waals surface area contributed by atoms with Crippen LogP contribution >= 0.6 is 11.6 Å². The first-order valence-electron chi connectivity index (χ1n) is 7.58. The number of nitrogens with zero attached hydrogens (tertiary/aromatic N) is 3. The Hall–Kier alpha value is -3.12. The predicted octanol–water partition coefficient (Wildman–Crippen LogP) is 4.47. The molecule has 124 valence electrons. The number of rotatable bonds is 4. The number of benzene rings is 2. The van der Waals surface area contributed by atoms with Crippen molar-refractivity contribution in [2.45, 2.75) is 6.92 Å². The number of hydrogen-bond acceptors (Lipinski definition) is 4. The maximum Gasteiger partial charge on any atom is 0.218 e. The number of carbonyl (C=O) groups is 1. The van der Waals surface area contributed by atoms with Crippen LogP contribution in [-0.2, 0) is 4.79 Å². The van der Waals surface area contributed by atoms with E-state index < -0.39 is 0 Å². The van der Waals surface area contributed by atoms with E-state index in [2.05, 4.69) is 15.4 Å². The summed E-state index contributed by atoms with van der Waals surface area (Å²) in [5.74, 6) is 0.523. The van der Waals surface area contributed by atoms with Gasteiger partial charge in [-0.2, -0.15) is 5.10 Å². The Balaban J connectivity index is 1.88. The van der Waals surface area contributed by atoms with Crippen molar-refractivity contribution in [3.05, 3.63) is 59.4 Å². The van der Waals surface area contributed by atoms with Gasteiger partial charge in [0, 0.05) is 16.6 Å². The maximum atomic E-state index is 11.9. The Kier molecular flexibility index (Phi) is 3.74. The number of fused-ring (bicyclic) bond motifs is 1. The van der Waals surface area contributed by atoms with Gasteiger partial charge in [0.2, 0.25) is 6.41 Å². The van der Waals surface area contributed by atoms with Gasteiger partial charge in [-0.3, -0.25) is 14.8 Å². The maximum absolute atomic E-state index is 11.9. The lowest BCUT2D eigenvalue weighted by Gasteiger charge is -2.18. The van der Waals surface area contributed by atoms with E-state index in [1.54, 1.807) is 19.2 Å². The van der Waals surface area contributed by atoms with Crippen LogP contribution in [0.2, 0.25) is 5.02 Å². The normalized spacial score (nSPS) is 11.0. The van der Waals surface area contributed by atoms with Crippen molar-refractivity contribution in [2.24, 2.45) is 0 Å². The quantitative estimate of drug-likeness (QED) is 0.550. The summed E-state index contributed by atoms with van der Waals surface area (Å²) >= 11 is 6.30. The Morgan fingerprint density at radius 2 is 2.08 bits per heavy atom. The Bertz CT molecular complexity index is 1070. The summed E-state index contributed by atoms with van der Waals surface area (Å²) in [7, 11) is 0. The van der Waals surface area contributed by atoms with Crippen molar-refractivity contribution < 1.29 is 9.32 Å². The molecule has 0 radical (unpaired) electrons. The van der Waals surface area contributed by atoms with Crippen LogP contribution in [0.25, 0.3) is 22.2 Å². The zero-order valence-electron chi connectivity index (χ0n) is 13.2. The third-order valence-electron chi connectivity index (χ3n) is 4.01. The number of hydrogen-bond donors (Lipinski definition) is 1. The van der Waals surface area contributed by atoms with E-state index in [1.807, 2.05) is 36.4 Å². The second-order valence-corrected chi connectivity index (χ2v) is 5.94. The fraction of sp³-hybridized carbons (Fsp3) is 0.0556. The molecule has 2 aromatic carbocycles. The van der Waals surface area contributed by atoms with Crippen molar-refractivity contribution >= 4 is 40.3 Å². The van der Waals surface area contributed by atoms with Crippen LogP contribution in [0.1, 0.15) is 5.76 Å². The average molecular weight is 353 g/mol. The molecule has 1 N–H and O–H groups in total. The highest BCUT2D eigenvalue weighted by atomic mass is 35.5. The molecule has 0 atom stereocenters. The van der Waals surface area contributed by atoms with Gasteiger partial charge in [-0.1, -0.05) is 35.0 Å². The van der Waals surface area contributed by atoms with Gasteiger partial charge in [-0.05, 0) is 31.2 Å². The SMILES string of the molecule is Cc1onc(-c2ccccc2Cl)c1N(C=O)c1ccc2[nH]ncc2c1. The van der Waals surface area contributed by atoms with Crippen LogP contribution in [-0.4, -0.2) is 21.8 Å². The van der Waals surface area contributed by atoms with E-state index in [4.69, 9.17) is 16.1 Å². The van der Waals surface area contributed by atoms with Gasteiger partial charge in [0.1, 0.15) is 11.4 Å². The first-order chi connectivity index (χ1) is 12.2. The number of aromatic nitrogens is 3. The minimum Gasteiger partial charge on any atom is -0.359 e. The number of carbonyl (C=O) groups excluding carboxylic acids is 1. The van der Waals surface area contributed by atoms with Gasteiger partial charge < -0.3 is 4.52 Å². The second kappa shape index (κ2) is 6.07. The minimum absolute atomic E-state index is 0.516. The lowest BCUT2D eigenvalue weighted by atomic mass is 10.1. The summed E-state index contributed by atoms with van der Waals surface area (Å²) in [4.78, 5) is 13.4. The monoisotopic (exact) mass is 352 g/mol. The molecule has 0 fully saturated rings. The van der Waals surface area contributed by atoms with Crippen molar-refractivity contribution in [3.63, 3.8) is 0 Å². The predicted molar refractivity (Wildman–Crippen MR) is 96.0 cm³/mol. The van der Waals surface area contributed by atoms with Crippen molar-refractivity contribution in [1.29, 1.82) is 0 Å². The summed E-state index contributed by atoms with van der Waals surface area (Å²) in [6.07, 6.45) is 2.44. The minimum atomic E-state index is 0.516. The van der Waals surface area contributed by atoms with Crippen LogP contribution < -0.4 is 4.90 Å². The van der Waals surface area contributed by atoms with Crippen LogP contribution in [0.5, 0.6) is 0 Å². The molecule has 25 heavy (non-hydrogen) atoms. The number of aryl methyl sites for hydroxylation is 1. The van der Waals surface area contributed by atoms with Gasteiger partial charge in [-0.25, -0.2) is 0 Å². The molecule has 6 nitrogen and oxygen atoms in total. The molecule has 0 aliphatic carbocycles. The molecule has 0 saturated carbocycles. The van der Waals surface area contributed by atoms with Crippen LogP contribution in [0.3, 0.4) is 0 Å². The first-order valence-corrected chi connectivity index (χ1v) is 7.95. The molecule has 0 unspecified atom stereocenters.